The molecule has 4 rings (SSSR count). The molecule has 2 N–H and O–H groups in total. The summed E-state index contributed by atoms with van der Waals surface area (Å²) in [5, 5.41) is 2.52. The van der Waals surface area contributed by atoms with Gasteiger partial charge in [-0.3, -0.25) is 0 Å². The van der Waals surface area contributed by atoms with Crippen molar-refractivity contribution in [1.82, 2.24) is 0 Å². The fourth-order valence-electron chi connectivity index (χ4n) is 3.81. The van der Waals surface area contributed by atoms with Crippen LogP contribution in [0.15, 0.2) is 84.9 Å². The van der Waals surface area contributed by atoms with Crippen molar-refractivity contribution in [2.45, 2.75) is 26.3 Å². The van der Waals surface area contributed by atoms with Gasteiger partial charge in [0.2, 0.25) is 0 Å². The van der Waals surface area contributed by atoms with Crippen molar-refractivity contribution < 1.29 is 0 Å². The zero-order chi connectivity index (χ0) is 21.6. The second-order valence-electron chi connectivity index (χ2n) is 8.23. The number of hydrogen-bond acceptors (Lipinski definition) is 1. The van der Waals surface area contributed by atoms with Gasteiger partial charge in [-0.25, -0.2) is 0 Å². The van der Waals surface area contributed by atoms with Crippen molar-refractivity contribution in [3.63, 3.8) is 0 Å². The summed E-state index contributed by atoms with van der Waals surface area (Å²) >= 11 is 0. The minimum absolute atomic E-state index is 0.553. The molecule has 31 heavy (non-hydrogen) atoms. The van der Waals surface area contributed by atoms with Gasteiger partial charge in [-0.2, -0.15) is 0 Å². The lowest BCUT2D eigenvalue weighted by molar-refractivity contribution is 0.866. The van der Waals surface area contributed by atoms with Crippen molar-refractivity contribution in [3.05, 3.63) is 118 Å². The van der Waals surface area contributed by atoms with Crippen LogP contribution in [0.25, 0.3) is 35.1 Å². The summed E-state index contributed by atoms with van der Waals surface area (Å²) in [7, 11) is 0. The fraction of sp³-hybridized carbons (Fsp3) is 0.133. The summed E-state index contributed by atoms with van der Waals surface area (Å²) < 4.78 is 0. The van der Waals surface area contributed by atoms with Crippen LogP contribution in [0.3, 0.4) is 0 Å². The van der Waals surface area contributed by atoms with E-state index in [4.69, 9.17) is 5.73 Å². The molecule has 4 aromatic rings. The van der Waals surface area contributed by atoms with Crippen molar-refractivity contribution in [2.75, 3.05) is 0 Å². The molecule has 0 heterocycles. The molecule has 1 heteroatoms. The summed E-state index contributed by atoms with van der Waals surface area (Å²) in [6.45, 7) is 5.02. The highest BCUT2D eigenvalue weighted by Crippen LogP contribution is 2.27. The highest BCUT2D eigenvalue weighted by molar-refractivity contribution is 5.99. The Balaban J connectivity index is 1.67. The molecule has 0 aliphatic carbocycles. The number of fused-ring (bicyclic) bond motifs is 1. The monoisotopic (exact) mass is 403 g/mol. The smallest absolute Gasteiger partial charge is 0.0178 e. The normalized spacial score (nSPS) is 11.9. The Morgan fingerprint density at radius 3 is 1.65 bits per heavy atom. The van der Waals surface area contributed by atoms with E-state index in [1.165, 1.54) is 38.6 Å². The highest BCUT2D eigenvalue weighted by atomic mass is 14.5. The van der Waals surface area contributed by atoms with Gasteiger partial charge in [-0.15, -0.1) is 0 Å². The largest absolute Gasteiger partial charge is 0.326 e. The summed E-state index contributed by atoms with van der Waals surface area (Å²) in [5.41, 5.74) is 13.1. The van der Waals surface area contributed by atoms with E-state index in [-0.39, 0.29) is 0 Å². The SMILES string of the molecule is CC(C)c1ccc(/C=C\c2cccc3cccc(/C=C\c4ccc(CN)cc4)c23)cc1. The minimum atomic E-state index is 0.553. The van der Waals surface area contributed by atoms with E-state index in [0.29, 0.717) is 12.5 Å². The van der Waals surface area contributed by atoms with Crippen LogP contribution >= 0.6 is 0 Å². The van der Waals surface area contributed by atoms with Crippen LogP contribution in [0.1, 0.15) is 53.1 Å². The van der Waals surface area contributed by atoms with Crippen molar-refractivity contribution in [1.29, 1.82) is 0 Å². The summed E-state index contributed by atoms with van der Waals surface area (Å²) in [6.07, 6.45) is 8.79. The predicted octanol–water partition coefficient (Wildman–Crippen LogP) is 7.76. The first-order valence-corrected chi connectivity index (χ1v) is 10.9. The molecule has 0 bridgehead atoms. The van der Waals surface area contributed by atoms with Crippen LogP contribution in [0, 0.1) is 0 Å². The molecule has 0 radical (unpaired) electrons. The molecule has 0 fully saturated rings. The molecule has 154 valence electrons. The molecule has 1 nitrogen and oxygen atoms in total. The van der Waals surface area contributed by atoms with Crippen molar-refractivity contribution in [3.8, 4) is 0 Å². The van der Waals surface area contributed by atoms with Crippen LogP contribution in [-0.4, -0.2) is 0 Å². The lowest BCUT2D eigenvalue weighted by Crippen LogP contribution is -1.94. The highest BCUT2D eigenvalue weighted by Gasteiger charge is 2.03. The van der Waals surface area contributed by atoms with Gasteiger partial charge in [0, 0.05) is 6.54 Å². The zero-order valence-corrected chi connectivity index (χ0v) is 18.3. The van der Waals surface area contributed by atoms with E-state index in [2.05, 4.69) is 123 Å². The van der Waals surface area contributed by atoms with Crippen molar-refractivity contribution >= 4 is 35.1 Å². The lowest BCUT2D eigenvalue weighted by Gasteiger charge is -2.07. The Labute approximate surface area is 185 Å². The maximum Gasteiger partial charge on any atom is 0.0178 e. The Morgan fingerprint density at radius 2 is 1.16 bits per heavy atom. The summed E-state index contributed by atoms with van der Waals surface area (Å²) in [4.78, 5) is 0. The third kappa shape index (κ3) is 5.02. The van der Waals surface area contributed by atoms with Gasteiger partial charge >= 0.3 is 0 Å². The van der Waals surface area contributed by atoms with Crippen LogP contribution < -0.4 is 5.73 Å². The van der Waals surface area contributed by atoms with Gasteiger partial charge in [-0.1, -0.05) is 123 Å². The molecule has 0 saturated heterocycles. The first-order valence-electron chi connectivity index (χ1n) is 10.9. The maximum absolute atomic E-state index is 5.71. The van der Waals surface area contributed by atoms with E-state index < -0.39 is 0 Å². The first kappa shape index (κ1) is 20.8. The minimum Gasteiger partial charge on any atom is -0.326 e. The zero-order valence-electron chi connectivity index (χ0n) is 18.3. The molecule has 0 aliphatic rings. The van der Waals surface area contributed by atoms with Gasteiger partial charge in [-0.05, 0) is 50.1 Å². The third-order valence-corrected chi connectivity index (χ3v) is 5.70. The number of hydrogen-bond donors (Lipinski definition) is 1. The molecule has 0 amide bonds. The average molecular weight is 404 g/mol. The number of nitrogens with two attached hydrogens (primary N) is 1. The van der Waals surface area contributed by atoms with Crippen LogP contribution in [0.2, 0.25) is 0 Å². The fourth-order valence-corrected chi connectivity index (χ4v) is 3.81. The first-order chi connectivity index (χ1) is 15.1. The van der Waals surface area contributed by atoms with Gasteiger partial charge < -0.3 is 5.73 Å². The third-order valence-electron chi connectivity index (χ3n) is 5.70. The number of rotatable bonds is 6. The molecule has 4 aromatic carbocycles. The summed E-state index contributed by atoms with van der Waals surface area (Å²) in [6, 6.07) is 30.2. The Kier molecular flexibility index (Phi) is 6.45. The van der Waals surface area contributed by atoms with Gasteiger partial charge in [0.1, 0.15) is 0 Å². The van der Waals surface area contributed by atoms with Gasteiger partial charge in [0.15, 0.2) is 0 Å². The Morgan fingerprint density at radius 1 is 0.645 bits per heavy atom. The quantitative estimate of drug-likeness (QED) is 0.327. The van der Waals surface area contributed by atoms with E-state index in [0.717, 1.165) is 5.56 Å². The maximum atomic E-state index is 5.71. The second kappa shape index (κ2) is 9.59. The summed E-state index contributed by atoms with van der Waals surface area (Å²) in [5.74, 6) is 0.553. The van der Waals surface area contributed by atoms with Crippen LogP contribution in [-0.2, 0) is 6.54 Å². The Hall–Kier alpha value is -3.42. The van der Waals surface area contributed by atoms with Crippen LogP contribution in [0.4, 0.5) is 0 Å². The molecular formula is C30H29N. The van der Waals surface area contributed by atoms with E-state index >= 15 is 0 Å². The van der Waals surface area contributed by atoms with E-state index in [1.807, 2.05) is 0 Å². The van der Waals surface area contributed by atoms with Gasteiger partial charge in [0.05, 0.1) is 0 Å². The Bertz CT molecular complexity index is 1200. The predicted molar refractivity (Wildman–Crippen MR) is 137 cm³/mol. The standard InChI is InChI=1S/C30H29N/c1-22(2)26-17-13-24(14-18-26)16-20-29-8-4-6-27-5-3-7-28(30(27)29)19-15-23-9-11-25(21-31)12-10-23/h3-20,22H,21,31H2,1-2H3/b19-15-,20-16-. The second-order valence-corrected chi connectivity index (χ2v) is 8.23. The molecule has 0 saturated carbocycles. The average Bonchev–Trinajstić information content (AvgIpc) is 2.81. The molecule has 0 unspecified atom stereocenters. The van der Waals surface area contributed by atoms with Crippen LogP contribution in [0.5, 0.6) is 0 Å². The molecule has 0 aromatic heterocycles. The van der Waals surface area contributed by atoms with Gasteiger partial charge in [0.25, 0.3) is 0 Å². The lowest BCUT2D eigenvalue weighted by atomic mass is 9.97. The van der Waals surface area contributed by atoms with E-state index in [9.17, 15) is 0 Å². The topological polar surface area (TPSA) is 26.0 Å². The molecule has 0 aliphatic heterocycles. The molecular weight excluding hydrogens is 374 g/mol. The molecule has 0 spiro atoms. The van der Waals surface area contributed by atoms with E-state index in [1.54, 1.807) is 0 Å². The molecule has 0 atom stereocenters. The van der Waals surface area contributed by atoms with Crippen molar-refractivity contribution in [2.24, 2.45) is 5.73 Å². The number of benzene rings is 4.